The van der Waals surface area contributed by atoms with E-state index in [9.17, 15) is 22.7 Å². The van der Waals surface area contributed by atoms with Crippen molar-refractivity contribution >= 4 is 0 Å². The summed E-state index contributed by atoms with van der Waals surface area (Å²) in [7, 11) is 0. The van der Waals surface area contributed by atoms with Crippen LogP contribution in [0.25, 0.3) is 0 Å². The van der Waals surface area contributed by atoms with Crippen molar-refractivity contribution in [2.24, 2.45) is 5.92 Å². The van der Waals surface area contributed by atoms with Crippen LogP contribution in [0.1, 0.15) is 50.3 Å². The summed E-state index contributed by atoms with van der Waals surface area (Å²) in [6, 6.07) is 2.20. The van der Waals surface area contributed by atoms with Gasteiger partial charge in [0.15, 0.2) is 0 Å². The van der Waals surface area contributed by atoms with E-state index in [2.05, 4.69) is 0 Å². The molecule has 5 heteroatoms. The minimum atomic E-state index is -4.60. The van der Waals surface area contributed by atoms with Crippen LogP contribution in [-0.4, -0.2) is 5.11 Å². The van der Waals surface area contributed by atoms with Gasteiger partial charge in [0.2, 0.25) is 0 Å². The highest BCUT2D eigenvalue weighted by Crippen LogP contribution is 2.32. The monoisotopic (exact) mass is 278 g/mol. The highest BCUT2D eigenvalue weighted by molar-refractivity contribution is 5.28. The molecule has 0 radical (unpaired) electrons. The normalized spacial score (nSPS) is 13.9. The molecule has 1 aromatic rings. The predicted octanol–water partition coefficient (Wildman–Crippen LogP) is 4.70. The van der Waals surface area contributed by atoms with E-state index in [0.29, 0.717) is 24.8 Å². The fourth-order valence-electron chi connectivity index (χ4n) is 1.85. The van der Waals surface area contributed by atoms with E-state index in [4.69, 9.17) is 0 Å². The zero-order valence-electron chi connectivity index (χ0n) is 11.0. The first-order chi connectivity index (χ1) is 8.70. The van der Waals surface area contributed by atoms with Gasteiger partial charge in [-0.05, 0) is 36.1 Å². The highest BCUT2D eigenvalue weighted by atomic mass is 19.4. The van der Waals surface area contributed by atoms with E-state index >= 15 is 0 Å². The summed E-state index contributed by atoms with van der Waals surface area (Å²) >= 11 is 0. The molecule has 0 aliphatic carbocycles. The molecule has 0 heterocycles. The molecule has 1 nitrogen and oxygen atoms in total. The van der Waals surface area contributed by atoms with E-state index in [-0.39, 0.29) is 5.56 Å². The van der Waals surface area contributed by atoms with Gasteiger partial charge in [-0.15, -0.1) is 0 Å². The molecule has 0 aliphatic rings. The number of aliphatic hydroxyl groups is 1. The Morgan fingerprint density at radius 3 is 2.26 bits per heavy atom. The van der Waals surface area contributed by atoms with Crippen molar-refractivity contribution in [1.82, 2.24) is 0 Å². The van der Waals surface area contributed by atoms with Gasteiger partial charge >= 0.3 is 6.18 Å². The predicted molar refractivity (Wildman–Crippen MR) is 65.1 cm³/mol. The van der Waals surface area contributed by atoms with E-state index in [0.717, 1.165) is 18.6 Å². The van der Waals surface area contributed by atoms with Crippen LogP contribution >= 0.6 is 0 Å². The summed E-state index contributed by atoms with van der Waals surface area (Å²) in [5.74, 6) is -0.516. The maximum atomic E-state index is 13.2. The molecule has 1 atom stereocenters. The van der Waals surface area contributed by atoms with Crippen LogP contribution in [0.2, 0.25) is 0 Å². The Balaban J connectivity index is 2.79. The number of alkyl halides is 3. The molecule has 0 saturated carbocycles. The molecular formula is C14H18F4O. The SMILES string of the molecule is CC(C)CCCC(O)c1cc(F)cc(C(F)(F)F)c1. The molecule has 0 aliphatic heterocycles. The van der Waals surface area contributed by atoms with Gasteiger partial charge in [0, 0.05) is 0 Å². The first-order valence-electron chi connectivity index (χ1n) is 6.26. The van der Waals surface area contributed by atoms with Crippen LogP contribution in [-0.2, 0) is 6.18 Å². The lowest BCUT2D eigenvalue weighted by molar-refractivity contribution is -0.137. The van der Waals surface area contributed by atoms with Crippen molar-refractivity contribution in [2.45, 2.75) is 45.4 Å². The van der Waals surface area contributed by atoms with Crippen molar-refractivity contribution in [3.63, 3.8) is 0 Å². The lowest BCUT2D eigenvalue weighted by Crippen LogP contribution is -2.08. The molecule has 1 aromatic carbocycles. The van der Waals surface area contributed by atoms with E-state index in [1.807, 2.05) is 13.8 Å². The molecule has 0 saturated heterocycles. The van der Waals surface area contributed by atoms with Gasteiger partial charge in [-0.25, -0.2) is 4.39 Å². The largest absolute Gasteiger partial charge is 0.416 e. The summed E-state index contributed by atoms with van der Waals surface area (Å²) in [5, 5.41) is 9.81. The minimum Gasteiger partial charge on any atom is -0.388 e. The highest BCUT2D eigenvalue weighted by Gasteiger charge is 2.31. The van der Waals surface area contributed by atoms with Crippen LogP contribution in [0.15, 0.2) is 18.2 Å². The average Bonchev–Trinajstić information content (AvgIpc) is 2.26. The quantitative estimate of drug-likeness (QED) is 0.774. The van der Waals surface area contributed by atoms with Gasteiger partial charge in [-0.1, -0.05) is 26.7 Å². The zero-order valence-corrected chi connectivity index (χ0v) is 11.0. The summed E-state index contributed by atoms with van der Waals surface area (Å²) < 4.78 is 50.7. The standard InChI is InChI=1S/C14H18F4O/c1-9(2)4-3-5-13(19)10-6-11(14(16,17)18)8-12(15)7-10/h6-9,13,19H,3-5H2,1-2H3. The molecule has 1 unspecified atom stereocenters. The zero-order chi connectivity index (χ0) is 14.6. The topological polar surface area (TPSA) is 20.2 Å². The maximum Gasteiger partial charge on any atom is 0.416 e. The number of rotatable bonds is 5. The maximum absolute atomic E-state index is 13.2. The first-order valence-corrected chi connectivity index (χ1v) is 6.26. The number of halogens is 4. The van der Waals surface area contributed by atoms with Crippen LogP contribution in [0.3, 0.4) is 0 Å². The lowest BCUT2D eigenvalue weighted by atomic mass is 9.98. The Morgan fingerprint density at radius 2 is 1.74 bits per heavy atom. The fourth-order valence-corrected chi connectivity index (χ4v) is 1.85. The Labute approximate surface area is 110 Å². The molecule has 1 N–H and O–H groups in total. The lowest BCUT2D eigenvalue weighted by Gasteiger charge is -2.14. The molecule has 1 rings (SSSR count). The van der Waals surface area contributed by atoms with Gasteiger partial charge in [0.05, 0.1) is 11.7 Å². The van der Waals surface area contributed by atoms with Crippen molar-refractivity contribution < 1.29 is 22.7 Å². The number of benzene rings is 1. The molecule has 0 spiro atoms. The van der Waals surface area contributed by atoms with Crippen molar-refractivity contribution in [1.29, 1.82) is 0 Å². The second kappa shape index (κ2) is 6.37. The summed E-state index contributed by atoms with van der Waals surface area (Å²) in [5.41, 5.74) is -1.08. The van der Waals surface area contributed by atoms with Crippen LogP contribution in [0.4, 0.5) is 17.6 Å². The Kier molecular flexibility index (Phi) is 5.35. The van der Waals surface area contributed by atoms with Gasteiger partial charge in [-0.2, -0.15) is 13.2 Å². The van der Waals surface area contributed by atoms with Crippen molar-refractivity contribution in [2.75, 3.05) is 0 Å². The molecule has 0 fully saturated rings. The summed E-state index contributed by atoms with van der Waals surface area (Å²) in [6.07, 6.45) is -3.77. The Bertz CT molecular complexity index is 412. The van der Waals surface area contributed by atoms with Crippen LogP contribution in [0.5, 0.6) is 0 Å². The second-order valence-corrected chi connectivity index (χ2v) is 5.11. The molecule has 0 amide bonds. The Morgan fingerprint density at radius 1 is 1.11 bits per heavy atom. The number of hydrogen-bond donors (Lipinski definition) is 1. The third kappa shape index (κ3) is 5.19. The summed E-state index contributed by atoms with van der Waals surface area (Å²) in [6.45, 7) is 4.05. The van der Waals surface area contributed by atoms with Crippen molar-refractivity contribution in [3.05, 3.63) is 35.1 Å². The first kappa shape index (κ1) is 16.0. The molecule has 108 valence electrons. The van der Waals surface area contributed by atoms with Crippen molar-refractivity contribution in [3.8, 4) is 0 Å². The molecule has 19 heavy (non-hydrogen) atoms. The van der Waals surface area contributed by atoms with Gasteiger partial charge in [-0.3, -0.25) is 0 Å². The Hall–Kier alpha value is -1.10. The van der Waals surface area contributed by atoms with E-state index < -0.39 is 23.7 Å². The molecule has 0 aromatic heterocycles. The smallest absolute Gasteiger partial charge is 0.388 e. The minimum absolute atomic E-state index is 0.0175. The third-order valence-electron chi connectivity index (χ3n) is 2.89. The van der Waals surface area contributed by atoms with E-state index in [1.54, 1.807) is 0 Å². The fraction of sp³-hybridized carbons (Fsp3) is 0.571. The van der Waals surface area contributed by atoms with Gasteiger partial charge in [0.1, 0.15) is 5.82 Å². The van der Waals surface area contributed by atoms with Gasteiger partial charge < -0.3 is 5.11 Å². The number of aliphatic hydroxyl groups excluding tert-OH is 1. The summed E-state index contributed by atoms with van der Waals surface area (Å²) in [4.78, 5) is 0. The van der Waals surface area contributed by atoms with Gasteiger partial charge in [0.25, 0.3) is 0 Å². The van der Waals surface area contributed by atoms with Crippen LogP contribution < -0.4 is 0 Å². The molecular weight excluding hydrogens is 260 g/mol. The second-order valence-electron chi connectivity index (χ2n) is 5.11. The molecule has 0 bridgehead atoms. The van der Waals surface area contributed by atoms with Crippen LogP contribution in [0, 0.1) is 11.7 Å². The number of hydrogen-bond acceptors (Lipinski definition) is 1. The average molecular weight is 278 g/mol. The third-order valence-corrected chi connectivity index (χ3v) is 2.89. The van der Waals surface area contributed by atoms with E-state index in [1.165, 1.54) is 0 Å².